The Hall–Kier alpha value is -1.43. The molecule has 0 saturated heterocycles. The van der Waals surface area contributed by atoms with Gasteiger partial charge in [0.05, 0.1) is 12.6 Å². The van der Waals surface area contributed by atoms with E-state index in [0.717, 1.165) is 12.0 Å². The van der Waals surface area contributed by atoms with E-state index in [1.807, 2.05) is 58.0 Å². The van der Waals surface area contributed by atoms with Gasteiger partial charge in [0.1, 0.15) is 0 Å². The first-order valence-corrected chi connectivity index (χ1v) is 8.84. The molecule has 2 unspecified atom stereocenters. The number of nitrogens with zero attached hydrogens (tertiary/aromatic N) is 1. The van der Waals surface area contributed by atoms with Crippen molar-refractivity contribution in [3.8, 4) is 0 Å². The SMILES string of the molecule is CCOC(CN(Cc1ccccc1)C(=O)C(N)C(C)CC)OCC. The zero-order valence-electron chi connectivity index (χ0n) is 15.4. The summed E-state index contributed by atoms with van der Waals surface area (Å²) in [5.74, 6) is 0.0750. The minimum Gasteiger partial charge on any atom is -0.351 e. The molecule has 0 aromatic heterocycles. The second kappa shape index (κ2) is 11.2. The molecular formula is C19H32N2O3. The van der Waals surface area contributed by atoms with Crippen molar-refractivity contribution < 1.29 is 14.3 Å². The molecule has 0 aliphatic heterocycles. The Morgan fingerprint density at radius 2 is 1.71 bits per heavy atom. The van der Waals surface area contributed by atoms with E-state index in [2.05, 4.69) is 0 Å². The third kappa shape index (κ3) is 6.59. The lowest BCUT2D eigenvalue weighted by Gasteiger charge is -2.31. The highest BCUT2D eigenvalue weighted by molar-refractivity contribution is 5.82. The van der Waals surface area contributed by atoms with E-state index >= 15 is 0 Å². The highest BCUT2D eigenvalue weighted by Crippen LogP contribution is 2.13. The Balaban J connectivity index is 2.90. The summed E-state index contributed by atoms with van der Waals surface area (Å²) in [5, 5.41) is 0. The van der Waals surface area contributed by atoms with Crippen LogP contribution in [-0.4, -0.2) is 42.9 Å². The Kier molecular flexibility index (Phi) is 9.60. The van der Waals surface area contributed by atoms with Gasteiger partial charge >= 0.3 is 0 Å². The molecule has 0 spiro atoms. The maximum absolute atomic E-state index is 12.9. The first-order chi connectivity index (χ1) is 11.5. The van der Waals surface area contributed by atoms with Crippen molar-refractivity contribution in [2.45, 2.75) is 53.0 Å². The number of carbonyl (C=O) groups is 1. The lowest BCUT2D eigenvalue weighted by Crippen LogP contribution is -2.49. The number of amides is 1. The standard InChI is InChI=1S/C19H32N2O3/c1-5-15(4)18(20)19(22)21(13-16-11-9-8-10-12-16)14-17(23-6-2)24-7-3/h8-12,15,17-18H,5-7,13-14,20H2,1-4H3. The van der Waals surface area contributed by atoms with Crippen LogP contribution in [0.2, 0.25) is 0 Å². The average Bonchev–Trinajstić information content (AvgIpc) is 2.60. The van der Waals surface area contributed by atoms with Crippen LogP contribution in [0, 0.1) is 5.92 Å². The quantitative estimate of drug-likeness (QED) is 0.631. The molecule has 0 saturated carbocycles. The largest absolute Gasteiger partial charge is 0.351 e. The van der Waals surface area contributed by atoms with Gasteiger partial charge in [-0.2, -0.15) is 0 Å². The molecule has 0 aliphatic carbocycles. The molecule has 1 rings (SSSR count). The predicted molar refractivity (Wildman–Crippen MR) is 96.3 cm³/mol. The van der Waals surface area contributed by atoms with Crippen molar-refractivity contribution in [1.29, 1.82) is 0 Å². The molecule has 5 nitrogen and oxygen atoms in total. The summed E-state index contributed by atoms with van der Waals surface area (Å²) in [5.41, 5.74) is 7.24. The van der Waals surface area contributed by atoms with Crippen molar-refractivity contribution in [2.75, 3.05) is 19.8 Å². The molecule has 2 atom stereocenters. The van der Waals surface area contributed by atoms with Gasteiger partial charge < -0.3 is 20.1 Å². The van der Waals surface area contributed by atoms with E-state index in [-0.39, 0.29) is 11.8 Å². The lowest BCUT2D eigenvalue weighted by molar-refractivity contribution is -0.161. The van der Waals surface area contributed by atoms with Crippen LogP contribution in [0.1, 0.15) is 39.7 Å². The van der Waals surface area contributed by atoms with E-state index in [0.29, 0.717) is 26.3 Å². The number of carbonyl (C=O) groups excluding carboxylic acids is 1. The second-order valence-electron chi connectivity index (χ2n) is 5.96. The van der Waals surface area contributed by atoms with Crippen LogP contribution < -0.4 is 5.73 Å². The third-order valence-electron chi connectivity index (χ3n) is 4.14. The van der Waals surface area contributed by atoms with E-state index in [1.54, 1.807) is 4.90 Å². The molecule has 5 heteroatoms. The molecule has 2 N–H and O–H groups in total. The average molecular weight is 336 g/mol. The van der Waals surface area contributed by atoms with E-state index in [9.17, 15) is 4.79 Å². The molecule has 0 radical (unpaired) electrons. The summed E-state index contributed by atoms with van der Waals surface area (Å²) in [6.45, 7) is 9.83. The zero-order chi connectivity index (χ0) is 17.9. The van der Waals surface area contributed by atoms with Gasteiger partial charge in [0.25, 0.3) is 0 Å². The van der Waals surface area contributed by atoms with Gasteiger partial charge in [-0.05, 0) is 25.3 Å². The molecular weight excluding hydrogens is 304 g/mol. The Morgan fingerprint density at radius 3 is 2.21 bits per heavy atom. The van der Waals surface area contributed by atoms with Crippen LogP contribution >= 0.6 is 0 Å². The number of rotatable bonds is 11. The van der Waals surface area contributed by atoms with Crippen molar-refractivity contribution in [3.63, 3.8) is 0 Å². The first kappa shape index (κ1) is 20.6. The summed E-state index contributed by atoms with van der Waals surface area (Å²) in [6, 6.07) is 9.40. The molecule has 0 fully saturated rings. The fraction of sp³-hybridized carbons (Fsp3) is 0.632. The van der Waals surface area contributed by atoms with Crippen LogP contribution in [0.25, 0.3) is 0 Å². The highest BCUT2D eigenvalue weighted by Gasteiger charge is 2.27. The van der Waals surface area contributed by atoms with Crippen LogP contribution in [0.3, 0.4) is 0 Å². The number of hydrogen-bond donors (Lipinski definition) is 1. The summed E-state index contributed by atoms with van der Waals surface area (Å²) in [4.78, 5) is 14.6. The first-order valence-electron chi connectivity index (χ1n) is 8.84. The summed E-state index contributed by atoms with van der Waals surface area (Å²) in [7, 11) is 0. The summed E-state index contributed by atoms with van der Waals surface area (Å²) < 4.78 is 11.2. The molecule has 1 aromatic rings. The number of hydrogen-bond acceptors (Lipinski definition) is 4. The van der Waals surface area contributed by atoms with E-state index in [4.69, 9.17) is 15.2 Å². The Labute approximate surface area is 146 Å². The number of benzene rings is 1. The predicted octanol–water partition coefficient (Wildman–Crippen LogP) is 2.79. The van der Waals surface area contributed by atoms with Gasteiger partial charge in [-0.1, -0.05) is 50.6 Å². The maximum Gasteiger partial charge on any atom is 0.240 e. The van der Waals surface area contributed by atoms with Crippen LogP contribution in [0.15, 0.2) is 30.3 Å². The Morgan fingerprint density at radius 1 is 1.12 bits per heavy atom. The van der Waals surface area contributed by atoms with Crippen LogP contribution in [0.4, 0.5) is 0 Å². The molecule has 136 valence electrons. The lowest BCUT2D eigenvalue weighted by atomic mass is 9.98. The van der Waals surface area contributed by atoms with Gasteiger partial charge in [0.2, 0.25) is 5.91 Å². The minimum atomic E-state index is -0.511. The molecule has 0 aliphatic rings. The normalized spacial score (nSPS) is 13.8. The summed E-state index contributed by atoms with van der Waals surface area (Å²) >= 11 is 0. The molecule has 24 heavy (non-hydrogen) atoms. The third-order valence-corrected chi connectivity index (χ3v) is 4.14. The molecule has 1 aromatic carbocycles. The van der Waals surface area contributed by atoms with Gasteiger partial charge in [-0.25, -0.2) is 0 Å². The van der Waals surface area contributed by atoms with Crippen molar-refractivity contribution in [1.82, 2.24) is 4.90 Å². The van der Waals surface area contributed by atoms with Gasteiger partial charge in [0.15, 0.2) is 6.29 Å². The molecule has 0 heterocycles. The second-order valence-corrected chi connectivity index (χ2v) is 5.96. The van der Waals surface area contributed by atoms with Gasteiger partial charge in [-0.3, -0.25) is 4.79 Å². The zero-order valence-corrected chi connectivity index (χ0v) is 15.4. The molecule has 1 amide bonds. The summed E-state index contributed by atoms with van der Waals surface area (Å²) in [6.07, 6.45) is 0.434. The van der Waals surface area contributed by atoms with E-state index < -0.39 is 12.3 Å². The van der Waals surface area contributed by atoms with E-state index in [1.165, 1.54) is 0 Å². The van der Waals surface area contributed by atoms with Gasteiger partial charge in [-0.15, -0.1) is 0 Å². The molecule has 0 bridgehead atoms. The maximum atomic E-state index is 12.9. The highest BCUT2D eigenvalue weighted by atomic mass is 16.7. The number of nitrogens with two attached hydrogens (primary N) is 1. The van der Waals surface area contributed by atoms with Crippen LogP contribution in [0.5, 0.6) is 0 Å². The Bertz CT molecular complexity index is 461. The monoisotopic (exact) mass is 336 g/mol. The van der Waals surface area contributed by atoms with Crippen molar-refractivity contribution >= 4 is 5.91 Å². The number of ether oxygens (including phenoxy) is 2. The van der Waals surface area contributed by atoms with Gasteiger partial charge in [0, 0.05) is 19.8 Å². The topological polar surface area (TPSA) is 64.8 Å². The fourth-order valence-electron chi connectivity index (χ4n) is 2.45. The smallest absolute Gasteiger partial charge is 0.240 e. The minimum absolute atomic E-state index is 0.0578. The van der Waals surface area contributed by atoms with Crippen LogP contribution in [-0.2, 0) is 20.8 Å². The van der Waals surface area contributed by atoms with Crippen molar-refractivity contribution in [2.24, 2.45) is 11.7 Å². The van der Waals surface area contributed by atoms with Crippen molar-refractivity contribution in [3.05, 3.63) is 35.9 Å². The fourth-order valence-corrected chi connectivity index (χ4v) is 2.45.